The molecule has 110 valence electrons. The third kappa shape index (κ3) is 3.10. The fraction of sp³-hybridized carbons (Fsp3) is 0.600. The summed E-state index contributed by atoms with van der Waals surface area (Å²) < 4.78 is 5.20. The van der Waals surface area contributed by atoms with Crippen molar-refractivity contribution in [2.75, 3.05) is 13.7 Å². The highest BCUT2D eigenvalue weighted by Gasteiger charge is 2.39. The van der Waals surface area contributed by atoms with E-state index in [0.717, 1.165) is 37.8 Å². The maximum atomic E-state index is 12.5. The van der Waals surface area contributed by atoms with Gasteiger partial charge in [0.2, 0.25) is 11.8 Å². The SMILES string of the molecule is CCCC1(C(=O)NCc2cccnc2OC)CCCN1. The zero-order valence-electron chi connectivity index (χ0n) is 12.2. The summed E-state index contributed by atoms with van der Waals surface area (Å²) in [7, 11) is 1.59. The van der Waals surface area contributed by atoms with Gasteiger partial charge in [-0.15, -0.1) is 0 Å². The lowest BCUT2D eigenvalue weighted by molar-refractivity contribution is -0.127. The molecule has 1 aromatic rings. The summed E-state index contributed by atoms with van der Waals surface area (Å²) in [6.07, 6.45) is 5.53. The molecular formula is C15H23N3O2. The van der Waals surface area contributed by atoms with E-state index in [0.29, 0.717) is 12.4 Å². The second kappa shape index (κ2) is 6.70. The van der Waals surface area contributed by atoms with E-state index < -0.39 is 0 Å². The van der Waals surface area contributed by atoms with Crippen molar-refractivity contribution in [1.82, 2.24) is 15.6 Å². The summed E-state index contributed by atoms with van der Waals surface area (Å²) in [5, 5.41) is 6.40. The lowest BCUT2D eigenvalue weighted by Gasteiger charge is -2.28. The van der Waals surface area contributed by atoms with Crippen LogP contribution < -0.4 is 15.4 Å². The zero-order valence-corrected chi connectivity index (χ0v) is 12.2. The largest absolute Gasteiger partial charge is 0.481 e. The molecule has 1 aliphatic heterocycles. The van der Waals surface area contributed by atoms with Crippen LogP contribution >= 0.6 is 0 Å². The minimum atomic E-state index is -0.385. The Morgan fingerprint density at radius 2 is 2.45 bits per heavy atom. The van der Waals surface area contributed by atoms with Crippen LogP contribution in [0.4, 0.5) is 0 Å². The predicted octanol–water partition coefficient (Wildman–Crippen LogP) is 1.63. The molecule has 1 fully saturated rings. The summed E-state index contributed by atoms with van der Waals surface area (Å²) in [6, 6.07) is 3.76. The minimum absolute atomic E-state index is 0.0859. The van der Waals surface area contributed by atoms with Gasteiger partial charge in [-0.05, 0) is 31.9 Å². The highest BCUT2D eigenvalue weighted by Crippen LogP contribution is 2.25. The van der Waals surface area contributed by atoms with Gasteiger partial charge in [-0.1, -0.05) is 19.4 Å². The Kier molecular flexibility index (Phi) is 4.95. The Labute approximate surface area is 120 Å². The van der Waals surface area contributed by atoms with Gasteiger partial charge in [0.15, 0.2) is 0 Å². The van der Waals surface area contributed by atoms with Crippen LogP contribution in [0.5, 0.6) is 5.88 Å². The minimum Gasteiger partial charge on any atom is -0.481 e. The van der Waals surface area contributed by atoms with Gasteiger partial charge in [0.1, 0.15) is 0 Å². The number of ether oxygens (including phenoxy) is 1. The molecule has 5 nitrogen and oxygen atoms in total. The van der Waals surface area contributed by atoms with Gasteiger partial charge in [0.25, 0.3) is 0 Å². The Bertz CT molecular complexity index is 456. The molecule has 2 N–H and O–H groups in total. The topological polar surface area (TPSA) is 63.2 Å². The molecule has 1 unspecified atom stereocenters. The molecule has 2 heterocycles. The van der Waals surface area contributed by atoms with Gasteiger partial charge in [-0.2, -0.15) is 0 Å². The van der Waals surface area contributed by atoms with Crippen molar-refractivity contribution in [1.29, 1.82) is 0 Å². The number of pyridine rings is 1. The molecular weight excluding hydrogens is 254 g/mol. The maximum Gasteiger partial charge on any atom is 0.240 e. The lowest BCUT2D eigenvalue weighted by Crippen LogP contribution is -2.53. The Hall–Kier alpha value is -1.62. The van der Waals surface area contributed by atoms with Crippen LogP contribution in [0.3, 0.4) is 0 Å². The van der Waals surface area contributed by atoms with Crippen molar-refractivity contribution in [2.45, 2.75) is 44.7 Å². The quantitative estimate of drug-likeness (QED) is 0.829. The smallest absolute Gasteiger partial charge is 0.240 e. The van der Waals surface area contributed by atoms with Gasteiger partial charge < -0.3 is 15.4 Å². The standard InChI is InChI=1S/C15H23N3O2/c1-3-7-15(8-5-10-18-15)14(19)17-11-12-6-4-9-16-13(12)20-2/h4,6,9,18H,3,5,7-8,10-11H2,1-2H3,(H,17,19). The van der Waals surface area contributed by atoms with Crippen molar-refractivity contribution >= 4 is 5.91 Å². The molecule has 1 aromatic heterocycles. The molecule has 1 aliphatic rings. The highest BCUT2D eigenvalue weighted by atomic mass is 16.5. The van der Waals surface area contributed by atoms with Crippen LogP contribution in [0.2, 0.25) is 0 Å². The van der Waals surface area contributed by atoms with Crippen LogP contribution in [0, 0.1) is 0 Å². The summed E-state index contributed by atoms with van der Waals surface area (Å²) in [5.74, 6) is 0.652. The zero-order chi connectivity index (χ0) is 14.4. The van der Waals surface area contributed by atoms with Gasteiger partial charge in [-0.3, -0.25) is 4.79 Å². The van der Waals surface area contributed by atoms with E-state index in [1.165, 1.54) is 0 Å². The number of nitrogens with zero attached hydrogens (tertiary/aromatic N) is 1. The van der Waals surface area contributed by atoms with Gasteiger partial charge in [-0.25, -0.2) is 4.98 Å². The molecule has 0 radical (unpaired) electrons. The first kappa shape index (κ1) is 14.8. The predicted molar refractivity (Wildman–Crippen MR) is 77.5 cm³/mol. The molecule has 0 spiro atoms. The number of carbonyl (C=O) groups is 1. The monoisotopic (exact) mass is 277 g/mol. The Balaban J connectivity index is 2.00. The molecule has 1 saturated heterocycles. The molecule has 0 aliphatic carbocycles. The van der Waals surface area contributed by atoms with Gasteiger partial charge in [0.05, 0.1) is 12.6 Å². The van der Waals surface area contributed by atoms with E-state index in [2.05, 4.69) is 22.5 Å². The van der Waals surface area contributed by atoms with Crippen LogP contribution in [0.15, 0.2) is 18.3 Å². The molecule has 5 heteroatoms. The maximum absolute atomic E-state index is 12.5. The van der Waals surface area contributed by atoms with E-state index in [4.69, 9.17) is 4.74 Å². The van der Waals surface area contributed by atoms with Crippen LogP contribution in [0.25, 0.3) is 0 Å². The van der Waals surface area contributed by atoms with Crippen molar-refractivity contribution < 1.29 is 9.53 Å². The number of amides is 1. The van der Waals surface area contributed by atoms with Crippen molar-refractivity contribution in [3.63, 3.8) is 0 Å². The van der Waals surface area contributed by atoms with Crippen LogP contribution in [0.1, 0.15) is 38.2 Å². The average Bonchev–Trinajstić information content (AvgIpc) is 2.95. The summed E-state index contributed by atoms with van der Waals surface area (Å²) in [4.78, 5) is 16.6. The number of nitrogens with one attached hydrogen (secondary N) is 2. The van der Waals surface area contributed by atoms with E-state index in [9.17, 15) is 4.79 Å². The Morgan fingerprint density at radius 1 is 1.60 bits per heavy atom. The van der Waals surface area contributed by atoms with Crippen molar-refractivity contribution in [3.8, 4) is 5.88 Å². The molecule has 2 rings (SSSR count). The third-order valence-electron chi connectivity index (χ3n) is 3.84. The molecule has 1 amide bonds. The van der Waals surface area contributed by atoms with Crippen molar-refractivity contribution in [3.05, 3.63) is 23.9 Å². The summed E-state index contributed by atoms with van der Waals surface area (Å²) in [6.45, 7) is 3.48. The lowest BCUT2D eigenvalue weighted by atomic mass is 9.91. The second-order valence-electron chi connectivity index (χ2n) is 5.22. The number of rotatable bonds is 6. The fourth-order valence-corrected chi connectivity index (χ4v) is 2.84. The molecule has 20 heavy (non-hydrogen) atoms. The second-order valence-corrected chi connectivity index (χ2v) is 5.22. The third-order valence-corrected chi connectivity index (χ3v) is 3.84. The number of carbonyl (C=O) groups excluding carboxylic acids is 1. The first-order valence-electron chi connectivity index (χ1n) is 7.23. The molecule has 0 aromatic carbocycles. The van der Waals surface area contributed by atoms with Crippen LogP contribution in [-0.4, -0.2) is 30.1 Å². The molecule has 0 bridgehead atoms. The first-order chi connectivity index (χ1) is 9.72. The van der Waals surface area contributed by atoms with E-state index in [1.807, 2.05) is 12.1 Å². The number of hydrogen-bond acceptors (Lipinski definition) is 4. The number of aromatic nitrogens is 1. The van der Waals surface area contributed by atoms with Crippen LogP contribution in [-0.2, 0) is 11.3 Å². The number of hydrogen-bond donors (Lipinski definition) is 2. The van der Waals surface area contributed by atoms with Crippen molar-refractivity contribution in [2.24, 2.45) is 0 Å². The van der Waals surface area contributed by atoms with E-state index in [1.54, 1.807) is 13.3 Å². The normalized spacial score (nSPS) is 21.7. The Morgan fingerprint density at radius 3 is 3.10 bits per heavy atom. The fourth-order valence-electron chi connectivity index (χ4n) is 2.84. The highest BCUT2D eigenvalue weighted by molar-refractivity contribution is 5.86. The number of methoxy groups -OCH3 is 1. The van der Waals surface area contributed by atoms with Gasteiger partial charge >= 0.3 is 0 Å². The summed E-state index contributed by atoms with van der Waals surface area (Å²) >= 11 is 0. The van der Waals surface area contributed by atoms with E-state index >= 15 is 0 Å². The van der Waals surface area contributed by atoms with E-state index in [-0.39, 0.29) is 11.4 Å². The molecule has 1 atom stereocenters. The molecule has 0 saturated carbocycles. The average molecular weight is 277 g/mol. The first-order valence-corrected chi connectivity index (χ1v) is 7.23. The van der Waals surface area contributed by atoms with Gasteiger partial charge in [0, 0.05) is 18.3 Å². The summed E-state index contributed by atoms with van der Waals surface area (Å²) in [5.41, 5.74) is 0.512.